The third kappa shape index (κ3) is 2.78. The summed E-state index contributed by atoms with van der Waals surface area (Å²) in [4.78, 5) is 11.6. The molecule has 110 valence electrons. The number of nitrogens with two attached hydrogens (primary N) is 1. The molecule has 0 bridgehead atoms. The molecule has 0 radical (unpaired) electrons. The van der Waals surface area contributed by atoms with E-state index in [0.717, 1.165) is 12.0 Å². The highest BCUT2D eigenvalue weighted by Crippen LogP contribution is 2.40. The Morgan fingerprint density at radius 3 is 2.90 bits per heavy atom. The van der Waals surface area contributed by atoms with E-state index in [2.05, 4.69) is 0 Å². The number of hydrogen-bond acceptors (Lipinski definition) is 5. The molecule has 2 rings (SSSR count). The minimum absolute atomic E-state index is 0.232. The van der Waals surface area contributed by atoms with E-state index in [-0.39, 0.29) is 12.2 Å². The highest BCUT2D eigenvalue weighted by molar-refractivity contribution is 5.76. The van der Waals surface area contributed by atoms with Gasteiger partial charge in [0.15, 0.2) is 0 Å². The van der Waals surface area contributed by atoms with Crippen molar-refractivity contribution >= 4 is 5.97 Å². The van der Waals surface area contributed by atoms with Gasteiger partial charge >= 0.3 is 5.97 Å². The van der Waals surface area contributed by atoms with Gasteiger partial charge in [-0.2, -0.15) is 0 Å². The zero-order valence-electron chi connectivity index (χ0n) is 12.1. The molecule has 0 saturated heterocycles. The summed E-state index contributed by atoms with van der Waals surface area (Å²) in [6.45, 7) is 5.89. The van der Waals surface area contributed by atoms with E-state index in [4.69, 9.17) is 15.2 Å². The van der Waals surface area contributed by atoms with E-state index in [1.807, 2.05) is 26.0 Å². The number of fused-ring (bicyclic) bond motifs is 1. The summed E-state index contributed by atoms with van der Waals surface area (Å²) in [6, 6.07) is 4.40. The van der Waals surface area contributed by atoms with Gasteiger partial charge in [0, 0.05) is 12.0 Å². The van der Waals surface area contributed by atoms with Gasteiger partial charge in [-0.25, -0.2) is 0 Å². The van der Waals surface area contributed by atoms with E-state index in [0.29, 0.717) is 11.3 Å². The lowest BCUT2D eigenvalue weighted by molar-refractivity contribution is -0.147. The van der Waals surface area contributed by atoms with Crippen molar-refractivity contribution in [2.75, 3.05) is 6.61 Å². The normalized spacial score (nSPS) is 18.9. The fourth-order valence-electron chi connectivity index (χ4n) is 2.43. The minimum atomic E-state index is -1.14. The largest absolute Gasteiger partial charge is 0.487 e. The summed E-state index contributed by atoms with van der Waals surface area (Å²) in [5.41, 5.74) is 7.00. The van der Waals surface area contributed by atoms with Gasteiger partial charge in [0.1, 0.15) is 23.5 Å². The lowest BCUT2D eigenvalue weighted by atomic mass is 9.97. The van der Waals surface area contributed by atoms with E-state index in [1.165, 1.54) is 0 Å². The van der Waals surface area contributed by atoms with Gasteiger partial charge < -0.3 is 20.3 Å². The number of para-hydroxylation sites is 1. The molecule has 2 unspecified atom stereocenters. The molecule has 0 aromatic heterocycles. The van der Waals surface area contributed by atoms with Crippen LogP contribution in [-0.2, 0) is 16.0 Å². The molecule has 0 saturated carbocycles. The van der Waals surface area contributed by atoms with E-state index in [9.17, 15) is 9.90 Å². The van der Waals surface area contributed by atoms with Crippen molar-refractivity contribution in [2.45, 2.75) is 44.9 Å². The number of benzene rings is 1. The second kappa shape index (κ2) is 5.42. The Kier molecular flexibility index (Phi) is 4.01. The molecule has 0 aliphatic carbocycles. The quantitative estimate of drug-likeness (QED) is 0.812. The predicted molar refractivity (Wildman–Crippen MR) is 74.4 cm³/mol. The molecule has 5 heteroatoms. The molecule has 0 amide bonds. The number of rotatable bonds is 4. The molecule has 20 heavy (non-hydrogen) atoms. The maximum Gasteiger partial charge on any atom is 0.325 e. The SMILES string of the molecule is CCOC(=O)C(N)C(O)c1cccc2c1OC(C)(C)C2. The second-order valence-electron chi connectivity index (χ2n) is 5.60. The van der Waals surface area contributed by atoms with Crippen LogP contribution in [0.15, 0.2) is 18.2 Å². The van der Waals surface area contributed by atoms with Crippen molar-refractivity contribution in [1.29, 1.82) is 0 Å². The van der Waals surface area contributed by atoms with Crippen LogP contribution in [0, 0.1) is 0 Å². The van der Waals surface area contributed by atoms with Crippen molar-refractivity contribution in [3.05, 3.63) is 29.3 Å². The van der Waals surface area contributed by atoms with Crippen LogP contribution in [0.2, 0.25) is 0 Å². The minimum Gasteiger partial charge on any atom is -0.487 e. The number of ether oxygens (including phenoxy) is 2. The average Bonchev–Trinajstić information content (AvgIpc) is 2.70. The average molecular weight is 279 g/mol. The summed E-state index contributed by atoms with van der Waals surface area (Å²) in [7, 11) is 0. The predicted octanol–water partition coefficient (Wildman–Crippen LogP) is 1.32. The van der Waals surface area contributed by atoms with Crippen LogP contribution in [0.5, 0.6) is 5.75 Å². The Balaban J connectivity index is 2.27. The number of carbonyl (C=O) groups excluding carboxylic acids is 1. The summed E-state index contributed by atoms with van der Waals surface area (Å²) >= 11 is 0. The van der Waals surface area contributed by atoms with Crippen LogP contribution in [0.4, 0.5) is 0 Å². The third-order valence-corrected chi connectivity index (χ3v) is 3.34. The van der Waals surface area contributed by atoms with Gasteiger partial charge in [0.25, 0.3) is 0 Å². The summed E-state index contributed by atoms with van der Waals surface area (Å²) in [6.07, 6.45) is -0.379. The zero-order valence-corrected chi connectivity index (χ0v) is 12.1. The third-order valence-electron chi connectivity index (χ3n) is 3.34. The lowest BCUT2D eigenvalue weighted by Crippen LogP contribution is -2.38. The summed E-state index contributed by atoms with van der Waals surface area (Å²) in [5, 5.41) is 10.3. The summed E-state index contributed by atoms with van der Waals surface area (Å²) in [5.74, 6) is 0.0135. The molecule has 5 nitrogen and oxygen atoms in total. The molecule has 0 spiro atoms. The van der Waals surface area contributed by atoms with Crippen molar-refractivity contribution in [2.24, 2.45) is 5.73 Å². The Labute approximate surface area is 118 Å². The Morgan fingerprint density at radius 1 is 1.55 bits per heavy atom. The molecule has 1 aromatic carbocycles. The Bertz CT molecular complexity index is 513. The van der Waals surface area contributed by atoms with Gasteiger partial charge in [0.05, 0.1) is 6.61 Å². The van der Waals surface area contributed by atoms with Crippen molar-refractivity contribution in [3.8, 4) is 5.75 Å². The molecule has 2 atom stereocenters. The monoisotopic (exact) mass is 279 g/mol. The van der Waals surface area contributed by atoms with Gasteiger partial charge in [0.2, 0.25) is 0 Å². The van der Waals surface area contributed by atoms with E-state index < -0.39 is 18.1 Å². The molecule has 1 aromatic rings. The first-order valence-electron chi connectivity index (χ1n) is 6.77. The topological polar surface area (TPSA) is 81.8 Å². The van der Waals surface area contributed by atoms with Gasteiger partial charge in [-0.15, -0.1) is 0 Å². The molecule has 3 N–H and O–H groups in total. The van der Waals surface area contributed by atoms with Crippen LogP contribution in [0.1, 0.15) is 38.0 Å². The molecule has 0 fully saturated rings. The Morgan fingerprint density at radius 2 is 2.25 bits per heavy atom. The summed E-state index contributed by atoms with van der Waals surface area (Å²) < 4.78 is 10.7. The number of esters is 1. The lowest BCUT2D eigenvalue weighted by Gasteiger charge is -2.22. The first kappa shape index (κ1) is 14.8. The van der Waals surface area contributed by atoms with Crippen LogP contribution in [-0.4, -0.2) is 29.3 Å². The number of aliphatic hydroxyl groups is 1. The van der Waals surface area contributed by atoms with Gasteiger partial charge in [-0.05, 0) is 26.3 Å². The first-order chi connectivity index (χ1) is 9.35. The fourth-order valence-corrected chi connectivity index (χ4v) is 2.43. The maximum atomic E-state index is 11.6. The first-order valence-corrected chi connectivity index (χ1v) is 6.77. The number of hydrogen-bond donors (Lipinski definition) is 2. The van der Waals surface area contributed by atoms with Crippen LogP contribution in [0.25, 0.3) is 0 Å². The Hall–Kier alpha value is -1.59. The second-order valence-corrected chi connectivity index (χ2v) is 5.60. The van der Waals surface area contributed by atoms with E-state index >= 15 is 0 Å². The zero-order chi connectivity index (χ0) is 14.9. The van der Waals surface area contributed by atoms with Crippen LogP contribution >= 0.6 is 0 Å². The van der Waals surface area contributed by atoms with Crippen molar-refractivity contribution in [3.63, 3.8) is 0 Å². The van der Waals surface area contributed by atoms with E-state index in [1.54, 1.807) is 13.0 Å². The van der Waals surface area contributed by atoms with Crippen molar-refractivity contribution in [1.82, 2.24) is 0 Å². The van der Waals surface area contributed by atoms with Gasteiger partial charge in [-0.1, -0.05) is 18.2 Å². The highest BCUT2D eigenvalue weighted by Gasteiger charge is 2.35. The number of aliphatic hydroxyl groups excluding tert-OH is 1. The smallest absolute Gasteiger partial charge is 0.325 e. The maximum absolute atomic E-state index is 11.6. The van der Waals surface area contributed by atoms with Crippen LogP contribution in [0.3, 0.4) is 0 Å². The highest BCUT2D eigenvalue weighted by atomic mass is 16.5. The number of carbonyl (C=O) groups is 1. The standard InChI is InChI=1S/C15H21NO4/c1-4-19-14(18)11(16)12(17)10-7-5-6-9-8-15(2,3)20-13(9)10/h5-7,11-12,17H,4,8,16H2,1-3H3. The van der Waals surface area contributed by atoms with Crippen LogP contribution < -0.4 is 10.5 Å². The molecular formula is C15H21NO4. The molecule has 1 heterocycles. The van der Waals surface area contributed by atoms with Crippen molar-refractivity contribution < 1.29 is 19.4 Å². The molecule has 1 aliphatic rings. The molecular weight excluding hydrogens is 258 g/mol. The fraction of sp³-hybridized carbons (Fsp3) is 0.533. The van der Waals surface area contributed by atoms with Gasteiger partial charge in [-0.3, -0.25) is 4.79 Å². The molecule has 1 aliphatic heterocycles.